The van der Waals surface area contributed by atoms with E-state index in [1.807, 2.05) is 37.3 Å². The lowest BCUT2D eigenvalue weighted by atomic mass is 9.82. The number of hydrogen-bond donors (Lipinski definition) is 3. The van der Waals surface area contributed by atoms with Gasteiger partial charge >= 0.3 is 6.03 Å². The Labute approximate surface area is 182 Å². The number of pyridine rings is 1. The van der Waals surface area contributed by atoms with Crippen molar-refractivity contribution in [2.24, 2.45) is 5.92 Å². The van der Waals surface area contributed by atoms with Gasteiger partial charge in [-0.2, -0.15) is 0 Å². The third-order valence-corrected chi connectivity index (χ3v) is 5.96. The van der Waals surface area contributed by atoms with Crippen LogP contribution in [0.5, 0.6) is 0 Å². The average Bonchev–Trinajstić information content (AvgIpc) is 2.74. The van der Waals surface area contributed by atoms with Gasteiger partial charge in [-0.05, 0) is 75.3 Å². The van der Waals surface area contributed by atoms with Gasteiger partial charge in [-0.15, -0.1) is 0 Å². The molecule has 1 aliphatic rings. The molecule has 0 bridgehead atoms. The number of rotatable bonds is 6. The largest absolute Gasteiger partial charge is 0.349 e. The van der Waals surface area contributed by atoms with E-state index in [1.54, 1.807) is 12.3 Å². The number of benzene rings is 1. The number of nitrogens with zero attached hydrogens (tertiary/aromatic N) is 1. The summed E-state index contributed by atoms with van der Waals surface area (Å²) in [5, 5.41) is 9.73. The molecule has 2 aromatic rings. The van der Waals surface area contributed by atoms with E-state index in [4.69, 9.17) is 11.6 Å². The highest BCUT2D eigenvalue weighted by Gasteiger charge is 2.27. The molecular formula is C23H29ClN4O2. The molecule has 160 valence electrons. The zero-order chi connectivity index (χ0) is 21.5. The molecule has 30 heavy (non-hydrogen) atoms. The van der Waals surface area contributed by atoms with Crippen LogP contribution < -0.4 is 16.0 Å². The summed E-state index contributed by atoms with van der Waals surface area (Å²) >= 11 is 5.88. The molecule has 1 heterocycles. The molecule has 7 heteroatoms. The highest BCUT2D eigenvalue weighted by atomic mass is 35.5. The number of carbonyl (C=O) groups is 2. The summed E-state index contributed by atoms with van der Waals surface area (Å²) in [6.07, 6.45) is 5.36. The maximum Gasteiger partial charge on any atom is 0.315 e. The summed E-state index contributed by atoms with van der Waals surface area (Å²) in [6, 6.07) is 11.2. The van der Waals surface area contributed by atoms with Crippen molar-refractivity contribution in [3.8, 4) is 0 Å². The minimum atomic E-state index is -0.151. The fourth-order valence-corrected chi connectivity index (χ4v) is 3.92. The van der Waals surface area contributed by atoms with E-state index < -0.39 is 0 Å². The van der Waals surface area contributed by atoms with Gasteiger partial charge in [0, 0.05) is 35.5 Å². The molecule has 1 aromatic heterocycles. The lowest BCUT2D eigenvalue weighted by Crippen LogP contribution is -2.46. The predicted octanol–water partition coefficient (Wildman–Crippen LogP) is 4.22. The molecule has 3 amide bonds. The number of urea groups is 1. The standard InChI is InChI=1S/C23H29ClN4O2/c1-15-3-6-19(14-25-15)22(29)27-16(2)18-7-11-21(12-8-18)28-23(30)26-13-17-4-9-20(24)10-5-17/h3-6,9-10,14,16,18,21H,7-8,11-13H2,1-2H3,(H,27,29)(H2,26,28,30). The van der Waals surface area contributed by atoms with Crippen molar-refractivity contribution < 1.29 is 9.59 Å². The van der Waals surface area contributed by atoms with Crippen LogP contribution in [0.3, 0.4) is 0 Å². The van der Waals surface area contributed by atoms with Gasteiger partial charge in [0.1, 0.15) is 0 Å². The lowest BCUT2D eigenvalue weighted by molar-refractivity contribution is 0.0917. The smallest absolute Gasteiger partial charge is 0.315 e. The van der Waals surface area contributed by atoms with E-state index in [1.165, 1.54) is 0 Å². The van der Waals surface area contributed by atoms with Gasteiger partial charge in [0.2, 0.25) is 0 Å². The number of amides is 3. The molecule has 1 saturated carbocycles. The number of halogens is 1. The quantitative estimate of drug-likeness (QED) is 0.644. The van der Waals surface area contributed by atoms with E-state index in [-0.39, 0.29) is 24.0 Å². The summed E-state index contributed by atoms with van der Waals surface area (Å²) in [5.41, 5.74) is 2.48. The SMILES string of the molecule is Cc1ccc(C(=O)NC(C)C2CCC(NC(=O)NCc3ccc(Cl)cc3)CC2)cn1. The van der Waals surface area contributed by atoms with Crippen LogP contribution >= 0.6 is 11.6 Å². The van der Waals surface area contributed by atoms with Crippen molar-refractivity contribution in [1.82, 2.24) is 20.9 Å². The van der Waals surface area contributed by atoms with Crippen LogP contribution in [0.1, 0.15) is 54.2 Å². The Morgan fingerprint density at radius 2 is 1.80 bits per heavy atom. The van der Waals surface area contributed by atoms with Crippen molar-refractivity contribution >= 4 is 23.5 Å². The average molecular weight is 429 g/mol. The van der Waals surface area contributed by atoms with Gasteiger partial charge < -0.3 is 16.0 Å². The fourth-order valence-electron chi connectivity index (χ4n) is 3.79. The molecule has 1 aromatic carbocycles. The zero-order valence-electron chi connectivity index (χ0n) is 17.5. The minimum absolute atomic E-state index is 0.0819. The Balaban J connectivity index is 1.38. The van der Waals surface area contributed by atoms with Crippen LogP contribution in [0.15, 0.2) is 42.6 Å². The molecule has 1 fully saturated rings. The molecule has 1 unspecified atom stereocenters. The topological polar surface area (TPSA) is 83.1 Å². The zero-order valence-corrected chi connectivity index (χ0v) is 18.2. The molecule has 0 radical (unpaired) electrons. The van der Waals surface area contributed by atoms with Crippen LogP contribution in [-0.2, 0) is 6.54 Å². The molecule has 0 aliphatic heterocycles. The molecule has 0 spiro atoms. The highest BCUT2D eigenvalue weighted by molar-refractivity contribution is 6.30. The third kappa shape index (κ3) is 6.46. The van der Waals surface area contributed by atoms with Crippen molar-refractivity contribution in [3.63, 3.8) is 0 Å². The van der Waals surface area contributed by atoms with E-state index in [0.29, 0.717) is 23.0 Å². The van der Waals surface area contributed by atoms with Gasteiger partial charge in [-0.3, -0.25) is 9.78 Å². The van der Waals surface area contributed by atoms with Crippen molar-refractivity contribution in [2.75, 3.05) is 0 Å². The van der Waals surface area contributed by atoms with E-state index in [9.17, 15) is 9.59 Å². The molecular weight excluding hydrogens is 400 g/mol. The first-order valence-corrected chi connectivity index (χ1v) is 10.8. The van der Waals surface area contributed by atoms with E-state index in [2.05, 4.69) is 27.9 Å². The maximum atomic E-state index is 12.4. The molecule has 3 N–H and O–H groups in total. The number of nitrogens with one attached hydrogen (secondary N) is 3. The van der Waals surface area contributed by atoms with Crippen LogP contribution in [-0.4, -0.2) is 29.0 Å². The highest BCUT2D eigenvalue weighted by Crippen LogP contribution is 2.27. The van der Waals surface area contributed by atoms with E-state index >= 15 is 0 Å². The molecule has 6 nitrogen and oxygen atoms in total. The first-order valence-electron chi connectivity index (χ1n) is 10.4. The summed E-state index contributed by atoms with van der Waals surface area (Å²) in [7, 11) is 0. The van der Waals surface area contributed by atoms with Crippen LogP contribution in [0.4, 0.5) is 4.79 Å². The Kier molecular flexibility index (Phi) is 7.69. The molecule has 0 saturated heterocycles. The van der Waals surface area contributed by atoms with Gasteiger partial charge in [0.15, 0.2) is 0 Å². The summed E-state index contributed by atoms with van der Waals surface area (Å²) in [4.78, 5) is 28.8. The van der Waals surface area contributed by atoms with Gasteiger partial charge in [-0.1, -0.05) is 23.7 Å². The molecule has 1 atom stereocenters. The second-order valence-electron chi connectivity index (χ2n) is 8.02. The summed E-state index contributed by atoms with van der Waals surface area (Å²) in [6.45, 7) is 4.42. The summed E-state index contributed by atoms with van der Waals surface area (Å²) < 4.78 is 0. The van der Waals surface area contributed by atoms with Crippen molar-refractivity contribution in [1.29, 1.82) is 0 Å². The lowest BCUT2D eigenvalue weighted by Gasteiger charge is -2.33. The second kappa shape index (κ2) is 10.4. The Hall–Kier alpha value is -2.60. The predicted molar refractivity (Wildman–Crippen MR) is 118 cm³/mol. The van der Waals surface area contributed by atoms with Crippen LogP contribution in [0.25, 0.3) is 0 Å². The number of aryl methyl sites for hydroxylation is 1. The molecule has 3 rings (SSSR count). The van der Waals surface area contributed by atoms with Crippen LogP contribution in [0.2, 0.25) is 5.02 Å². The van der Waals surface area contributed by atoms with Crippen molar-refractivity contribution in [3.05, 3.63) is 64.4 Å². The van der Waals surface area contributed by atoms with Gasteiger partial charge in [0.25, 0.3) is 5.91 Å². The number of aromatic nitrogens is 1. The maximum absolute atomic E-state index is 12.4. The third-order valence-electron chi connectivity index (χ3n) is 5.71. The Morgan fingerprint density at radius 3 is 2.43 bits per heavy atom. The van der Waals surface area contributed by atoms with Gasteiger partial charge in [-0.25, -0.2) is 4.79 Å². The van der Waals surface area contributed by atoms with Crippen molar-refractivity contribution in [2.45, 2.75) is 58.2 Å². The summed E-state index contributed by atoms with van der Waals surface area (Å²) in [5.74, 6) is 0.319. The second-order valence-corrected chi connectivity index (χ2v) is 8.45. The minimum Gasteiger partial charge on any atom is -0.349 e. The molecule has 1 aliphatic carbocycles. The van der Waals surface area contributed by atoms with E-state index in [0.717, 1.165) is 36.9 Å². The monoisotopic (exact) mass is 428 g/mol. The Morgan fingerprint density at radius 1 is 1.10 bits per heavy atom. The Bertz CT molecular complexity index is 847. The fraction of sp³-hybridized carbons (Fsp3) is 0.435. The first kappa shape index (κ1) is 22.1. The van der Waals surface area contributed by atoms with Gasteiger partial charge in [0.05, 0.1) is 5.56 Å². The number of carbonyl (C=O) groups excluding carboxylic acids is 2. The normalized spacial score (nSPS) is 19.6. The van der Waals surface area contributed by atoms with Crippen LogP contribution in [0, 0.1) is 12.8 Å². The number of hydrogen-bond acceptors (Lipinski definition) is 3. The first-order chi connectivity index (χ1) is 14.4.